The van der Waals surface area contributed by atoms with Gasteiger partial charge in [0, 0.05) is 26.9 Å². The van der Waals surface area contributed by atoms with Gasteiger partial charge in [0.15, 0.2) is 5.58 Å². The highest BCUT2D eigenvalue weighted by Crippen LogP contribution is 2.29. The molecular weight excluding hydrogens is 395 g/mol. The average molecular weight is 411 g/mol. The molecule has 3 aromatic carbocycles. The molecule has 0 spiro atoms. The van der Waals surface area contributed by atoms with Crippen molar-refractivity contribution in [2.75, 3.05) is 5.32 Å². The number of hydrogen-bond donors (Lipinski definition) is 1. The standard InChI is InChI=1S/C22H16Cl2N2O2/c1-12-3-5-14(9-17(12)24)21(27)25-18-10-15(6-4-13(18)2)22-26-19-11-16(23)7-8-20(19)28-22/h3-11H,1-2H3,(H,25,27). The number of aromatic nitrogens is 1. The van der Waals surface area contributed by atoms with E-state index in [4.69, 9.17) is 27.6 Å². The maximum absolute atomic E-state index is 12.6. The summed E-state index contributed by atoms with van der Waals surface area (Å²) in [6, 6.07) is 16.2. The molecule has 1 heterocycles. The first-order chi connectivity index (χ1) is 13.4. The van der Waals surface area contributed by atoms with Crippen LogP contribution in [0.4, 0.5) is 5.69 Å². The molecular formula is C22H16Cl2N2O2. The smallest absolute Gasteiger partial charge is 0.255 e. The zero-order valence-corrected chi connectivity index (χ0v) is 16.7. The maximum Gasteiger partial charge on any atom is 0.255 e. The minimum absolute atomic E-state index is 0.230. The molecule has 1 N–H and O–H groups in total. The van der Waals surface area contributed by atoms with Gasteiger partial charge in [0.1, 0.15) is 5.52 Å². The minimum atomic E-state index is -0.230. The molecule has 0 aliphatic heterocycles. The monoisotopic (exact) mass is 410 g/mol. The predicted octanol–water partition coefficient (Wildman–Crippen LogP) is 6.67. The normalized spacial score (nSPS) is 11.0. The van der Waals surface area contributed by atoms with Crippen LogP contribution in [0.15, 0.2) is 59.0 Å². The third-order valence-corrected chi connectivity index (χ3v) is 5.16. The Morgan fingerprint density at radius 3 is 2.54 bits per heavy atom. The second-order valence-electron chi connectivity index (χ2n) is 6.58. The van der Waals surface area contributed by atoms with Crippen molar-refractivity contribution in [1.29, 1.82) is 0 Å². The van der Waals surface area contributed by atoms with E-state index in [-0.39, 0.29) is 5.91 Å². The molecule has 0 atom stereocenters. The fourth-order valence-electron chi connectivity index (χ4n) is 2.84. The number of halogens is 2. The highest BCUT2D eigenvalue weighted by molar-refractivity contribution is 6.32. The lowest BCUT2D eigenvalue weighted by molar-refractivity contribution is 0.102. The maximum atomic E-state index is 12.6. The molecule has 4 rings (SSSR count). The molecule has 28 heavy (non-hydrogen) atoms. The molecule has 0 bridgehead atoms. The summed E-state index contributed by atoms with van der Waals surface area (Å²) in [6.07, 6.45) is 0. The van der Waals surface area contributed by atoms with E-state index in [9.17, 15) is 4.79 Å². The summed E-state index contributed by atoms with van der Waals surface area (Å²) < 4.78 is 5.82. The zero-order valence-electron chi connectivity index (χ0n) is 15.2. The Balaban J connectivity index is 1.66. The van der Waals surface area contributed by atoms with Crippen LogP contribution in [0.5, 0.6) is 0 Å². The number of fused-ring (bicyclic) bond motifs is 1. The molecule has 0 saturated heterocycles. The first-order valence-electron chi connectivity index (χ1n) is 8.65. The van der Waals surface area contributed by atoms with Crippen LogP contribution in [-0.4, -0.2) is 10.9 Å². The number of anilines is 1. The molecule has 0 unspecified atom stereocenters. The Kier molecular flexibility index (Phi) is 4.84. The van der Waals surface area contributed by atoms with Gasteiger partial charge in [-0.2, -0.15) is 0 Å². The van der Waals surface area contributed by atoms with Crippen LogP contribution in [0.2, 0.25) is 10.0 Å². The number of nitrogens with one attached hydrogen (secondary N) is 1. The molecule has 0 aliphatic rings. The summed E-state index contributed by atoms with van der Waals surface area (Å²) in [5.74, 6) is 0.234. The molecule has 1 amide bonds. The summed E-state index contributed by atoms with van der Waals surface area (Å²) in [7, 11) is 0. The predicted molar refractivity (Wildman–Crippen MR) is 113 cm³/mol. The number of benzene rings is 3. The van der Waals surface area contributed by atoms with Gasteiger partial charge in [-0.3, -0.25) is 4.79 Å². The summed E-state index contributed by atoms with van der Waals surface area (Å²) in [5, 5.41) is 4.09. The van der Waals surface area contributed by atoms with E-state index in [0.29, 0.717) is 38.3 Å². The van der Waals surface area contributed by atoms with E-state index in [1.165, 1.54) is 0 Å². The second-order valence-corrected chi connectivity index (χ2v) is 7.42. The number of oxazole rings is 1. The molecule has 6 heteroatoms. The number of carbonyl (C=O) groups is 1. The molecule has 1 aromatic heterocycles. The first kappa shape index (κ1) is 18.5. The van der Waals surface area contributed by atoms with Gasteiger partial charge < -0.3 is 9.73 Å². The van der Waals surface area contributed by atoms with Gasteiger partial charge in [-0.25, -0.2) is 4.98 Å². The molecule has 0 fully saturated rings. The molecule has 140 valence electrons. The molecule has 4 nitrogen and oxygen atoms in total. The summed E-state index contributed by atoms with van der Waals surface area (Å²) in [5.41, 5.74) is 5.12. The Bertz CT molecular complexity index is 1210. The van der Waals surface area contributed by atoms with Crippen LogP contribution >= 0.6 is 23.2 Å². The van der Waals surface area contributed by atoms with Gasteiger partial charge in [0.2, 0.25) is 5.89 Å². The quantitative estimate of drug-likeness (QED) is 0.410. The molecule has 4 aromatic rings. The molecule has 0 radical (unpaired) electrons. The van der Waals surface area contributed by atoms with E-state index in [0.717, 1.165) is 16.7 Å². The zero-order chi connectivity index (χ0) is 19.8. The van der Waals surface area contributed by atoms with Gasteiger partial charge in [-0.05, 0) is 67.4 Å². The van der Waals surface area contributed by atoms with E-state index >= 15 is 0 Å². The van der Waals surface area contributed by atoms with Crippen molar-refractivity contribution in [3.05, 3.63) is 81.3 Å². The van der Waals surface area contributed by atoms with Gasteiger partial charge in [-0.15, -0.1) is 0 Å². The number of amides is 1. The van der Waals surface area contributed by atoms with Crippen LogP contribution in [0.25, 0.3) is 22.6 Å². The Labute approximate surface area is 172 Å². The highest BCUT2D eigenvalue weighted by Gasteiger charge is 2.13. The van der Waals surface area contributed by atoms with Crippen LogP contribution in [0, 0.1) is 13.8 Å². The largest absolute Gasteiger partial charge is 0.436 e. The topological polar surface area (TPSA) is 55.1 Å². The Hall–Kier alpha value is -2.82. The fourth-order valence-corrected chi connectivity index (χ4v) is 3.19. The number of aryl methyl sites for hydroxylation is 2. The Morgan fingerprint density at radius 2 is 1.75 bits per heavy atom. The van der Waals surface area contributed by atoms with E-state index in [2.05, 4.69) is 10.3 Å². The van der Waals surface area contributed by atoms with Crippen molar-refractivity contribution in [3.63, 3.8) is 0 Å². The lowest BCUT2D eigenvalue weighted by Gasteiger charge is -2.10. The lowest BCUT2D eigenvalue weighted by atomic mass is 10.1. The molecule has 0 aliphatic carbocycles. The SMILES string of the molecule is Cc1ccc(C(=O)Nc2cc(-c3nc4cc(Cl)ccc4o3)ccc2C)cc1Cl. The second kappa shape index (κ2) is 7.30. The number of hydrogen-bond acceptors (Lipinski definition) is 3. The van der Waals surface area contributed by atoms with Gasteiger partial charge in [-0.1, -0.05) is 35.3 Å². The molecule has 0 saturated carbocycles. The number of carbonyl (C=O) groups excluding carboxylic acids is 1. The van der Waals surface area contributed by atoms with Crippen molar-refractivity contribution in [2.24, 2.45) is 0 Å². The van der Waals surface area contributed by atoms with Crippen LogP contribution in [0.3, 0.4) is 0 Å². The third-order valence-electron chi connectivity index (χ3n) is 4.52. The van der Waals surface area contributed by atoms with Crippen molar-refractivity contribution in [2.45, 2.75) is 13.8 Å². The number of nitrogens with zero attached hydrogens (tertiary/aromatic N) is 1. The van der Waals surface area contributed by atoms with Crippen LogP contribution in [0.1, 0.15) is 21.5 Å². The highest BCUT2D eigenvalue weighted by atomic mass is 35.5. The van der Waals surface area contributed by atoms with E-state index in [1.807, 2.05) is 38.1 Å². The van der Waals surface area contributed by atoms with Crippen molar-refractivity contribution in [3.8, 4) is 11.5 Å². The van der Waals surface area contributed by atoms with Crippen LogP contribution < -0.4 is 5.32 Å². The minimum Gasteiger partial charge on any atom is -0.436 e. The Morgan fingerprint density at radius 1 is 0.964 bits per heavy atom. The van der Waals surface area contributed by atoms with E-state index < -0.39 is 0 Å². The fraction of sp³-hybridized carbons (Fsp3) is 0.0909. The van der Waals surface area contributed by atoms with Crippen molar-refractivity contribution in [1.82, 2.24) is 4.98 Å². The van der Waals surface area contributed by atoms with Gasteiger partial charge in [0.05, 0.1) is 0 Å². The van der Waals surface area contributed by atoms with Crippen molar-refractivity contribution < 1.29 is 9.21 Å². The van der Waals surface area contributed by atoms with E-state index in [1.54, 1.807) is 30.3 Å². The lowest BCUT2D eigenvalue weighted by Crippen LogP contribution is -2.13. The summed E-state index contributed by atoms with van der Waals surface area (Å²) in [4.78, 5) is 17.1. The number of rotatable bonds is 3. The first-order valence-corrected chi connectivity index (χ1v) is 9.41. The summed E-state index contributed by atoms with van der Waals surface area (Å²) in [6.45, 7) is 3.82. The third kappa shape index (κ3) is 3.61. The average Bonchev–Trinajstić information content (AvgIpc) is 3.08. The summed E-state index contributed by atoms with van der Waals surface area (Å²) >= 11 is 12.2. The van der Waals surface area contributed by atoms with Crippen LogP contribution in [-0.2, 0) is 0 Å². The van der Waals surface area contributed by atoms with Gasteiger partial charge in [0.25, 0.3) is 5.91 Å². The van der Waals surface area contributed by atoms with Crippen molar-refractivity contribution >= 4 is 45.9 Å². The van der Waals surface area contributed by atoms with Gasteiger partial charge >= 0.3 is 0 Å².